The van der Waals surface area contributed by atoms with Gasteiger partial charge in [-0.1, -0.05) is 83.5 Å². The van der Waals surface area contributed by atoms with Gasteiger partial charge in [-0.05, 0) is 75.8 Å². The predicted octanol–water partition coefficient (Wildman–Crippen LogP) is 7.57. The van der Waals surface area contributed by atoms with Crippen molar-refractivity contribution in [3.63, 3.8) is 0 Å². The number of anilines is 1. The topological polar surface area (TPSA) is 65.0 Å². The van der Waals surface area contributed by atoms with E-state index in [0.717, 1.165) is 39.9 Å². The molecule has 2 N–H and O–H groups in total. The van der Waals surface area contributed by atoms with Crippen molar-refractivity contribution < 1.29 is 19.0 Å². The van der Waals surface area contributed by atoms with Gasteiger partial charge < -0.3 is 15.2 Å². The molecule has 1 aliphatic heterocycles. The fourth-order valence-corrected chi connectivity index (χ4v) is 5.62. The van der Waals surface area contributed by atoms with E-state index < -0.39 is 0 Å². The number of phenols is 1. The van der Waals surface area contributed by atoms with Crippen LogP contribution in [0.15, 0.2) is 54.6 Å². The Morgan fingerprint density at radius 2 is 1.63 bits per heavy atom. The van der Waals surface area contributed by atoms with Crippen LogP contribution >= 0.6 is 11.6 Å². The summed E-state index contributed by atoms with van der Waals surface area (Å²) >= 11 is 6.42. The number of amides is 2. The lowest BCUT2D eigenvalue weighted by molar-refractivity contribution is -0.0195. The summed E-state index contributed by atoms with van der Waals surface area (Å²) in [6, 6.07) is 16.0. The molecule has 0 saturated carbocycles. The third-order valence-electron chi connectivity index (χ3n) is 8.01. The molecular weight excluding hydrogens is 565 g/mol. The molecule has 0 spiro atoms. The molecule has 8 heteroatoms. The molecule has 0 aromatic heterocycles. The molecule has 1 saturated heterocycles. The van der Waals surface area contributed by atoms with Crippen LogP contribution in [0.5, 0.6) is 5.75 Å². The minimum Gasteiger partial charge on any atom is -0.507 e. The smallest absolute Gasteiger partial charge is 0.322 e. The zero-order chi connectivity index (χ0) is 31.5. The van der Waals surface area contributed by atoms with Gasteiger partial charge in [-0.25, -0.2) is 9.18 Å². The molecule has 3 aromatic rings. The highest BCUT2D eigenvalue weighted by atomic mass is 35.5. The maximum absolute atomic E-state index is 13.6. The van der Waals surface area contributed by atoms with Crippen molar-refractivity contribution in [3.8, 4) is 5.75 Å². The highest BCUT2D eigenvalue weighted by molar-refractivity contribution is 6.31. The van der Waals surface area contributed by atoms with Crippen molar-refractivity contribution >= 4 is 23.3 Å². The molecule has 1 unspecified atom stereocenters. The fourth-order valence-electron chi connectivity index (χ4n) is 5.45. The van der Waals surface area contributed by atoms with Crippen LogP contribution in [-0.2, 0) is 35.0 Å². The molecule has 3 aromatic carbocycles. The second-order valence-corrected chi connectivity index (χ2v) is 13.9. The highest BCUT2D eigenvalue weighted by Crippen LogP contribution is 2.40. The molecule has 1 atom stereocenters. The van der Waals surface area contributed by atoms with Crippen molar-refractivity contribution in [3.05, 3.63) is 93.3 Å². The van der Waals surface area contributed by atoms with Gasteiger partial charge in [0.25, 0.3) is 0 Å². The van der Waals surface area contributed by atoms with Crippen molar-refractivity contribution in [1.82, 2.24) is 10.2 Å². The van der Waals surface area contributed by atoms with E-state index in [1.54, 1.807) is 24.1 Å². The second kappa shape index (κ2) is 13.2. The first kappa shape index (κ1) is 32.8. The number of halogens is 2. The summed E-state index contributed by atoms with van der Waals surface area (Å²) in [6.07, 6.45) is 1.09. The number of hydrogen-bond acceptors (Lipinski definition) is 4. The second-order valence-electron chi connectivity index (χ2n) is 13.5. The number of carbonyl (C=O) groups excluding carboxylic acids is 1. The number of benzene rings is 3. The Kier molecular flexibility index (Phi) is 10.1. The normalized spacial score (nSPS) is 16.3. The number of carbonyl (C=O) groups is 1. The summed E-state index contributed by atoms with van der Waals surface area (Å²) in [4.78, 5) is 17.3. The van der Waals surface area contributed by atoms with E-state index >= 15 is 0 Å². The molecular formula is C35H45ClFN3O3. The number of aromatic hydroxyl groups is 1. The summed E-state index contributed by atoms with van der Waals surface area (Å²) in [6.45, 7) is 14.8. The van der Waals surface area contributed by atoms with Crippen LogP contribution in [-0.4, -0.2) is 49.0 Å². The number of aryl methyl sites for hydroxylation is 2. The van der Waals surface area contributed by atoms with Gasteiger partial charge >= 0.3 is 6.03 Å². The predicted molar refractivity (Wildman–Crippen MR) is 173 cm³/mol. The number of ether oxygens (including phenoxy) is 1. The van der Waals surface area contributed by atoms with E-state index in [9.17, 15) is 14.3 Å². The zero-order valence-corrected chi connectivity index (χ0v) is 27.2. The lowest BCUT2D eigenvalue weighted by Crippen LogP contribution is -2.57. The number of phenolic OH excluding ortho intramolecular Hbond substituents is 1. The van der Waals surface area contributed by atoms with E-state index in [-0.39, 0.29) is 28.8 Å². The standard InChI is InChI=1S/C35H45ClFN3O3/c1-34(2,3)28-18-24(19-29(32(28)41)35(4,5)6)8-11-25-12-13-26(36)20-30(25)39(7)33(42)38-31-22-43-17-16-40(31)21-23-9-14-27(37)15-10-23/h9-10,12-15,18-20,31,41H,8,11,16-17,21-22H2,1-7H3,(H,38,42). The Bertz CT molecular complexity index is 1390. The maximum atomic E-state index is 13.6. The van der Waals surface area contributed by atoms with Gasteiger partial charge in [-0.15, -0.1) is 0 Å². The van der Waals surface area contributed by atoms with Crippen molar-refractivity contribution in [2.45, 2.75) is 77.9 Å². The van der Waals surface area contributed by atoms with Gasteiger partial charge in [0.15, 0.2) is 0 Å². The third kappa shape index (κ3) is 8.28. The number of morpholine rings is 1. The monoisotopic (exact) mass is 609 g/mol. The van der Waals surface area contributed by atoms with E-state index in [2.05, 4.69) is 63.9 Å². The Balaban J connectivity index is 1.53. The van der Waals surface area contributed by atoms with Crippen LogP contribution in [0.2, 0.25) is 5.02 Å². The van der Waals surface area contributed by atoms with Crippen LogP contribution in [0.25, 0.3) is 0 Å². The van der Waals surface area contributed by atoms with Crippen LogP contribution in [0.1, 0.15) is 69.4 Å². The molecule has 1 fully saturated rings. The minimum atomic E-state index is -0.333. The zero-order valence-electron chi connectivity index (χ0n) is 26.4. The van der Waals surface area contributed by atoms with Gasteiger partial charge in [-0.3, -0.25) is 9.80 Å². The number of urea groups is 1. The van der Waals surface area contributed by atoms with Crippen molar-refractivity contribution in [2.75, 3.05) is 31.7 Å². The number of rotatable bonds is 7. The van der Waals surface area contributed by atoms with Gasteiger partial charge in [-0.2, -0.15) is 0 Å². The molecule has 1 heterocycles. The first-order chi connectivity index (χ1) is 20.1. The molecule has 6 nitrogen and oxygen atoms in total. The van der Waals surface area contributed by atoms with Gasteiger partial charge in [0.05, 0.1) is 13.2 Å². The molecule has 0 radical (unpaired) electrons. The third-order valence-corrected chi connectivity index (χ3v) is 8.25. The van der Waals surface area contributed by atoms with Crippen molar-refractivity contribution in [2.24, 2.45) is 0 Å². The van der Waals surface area contributed by atoms with E-state index in [4.69, 9.17) is 16.3 Å². The number of nitrogens with zero attached hydrogens (tertiary/aromatic N) is 2. The average molecular weight is 610 g/mol. The lowest BCUT2D eigenvalue weighted by Gasteiger charge is -2.37. The van der Waals surface area contributed by atoms with Gasteiger partial charge in [0.2, 0.25) is 0 Å². The van der Waals surface area contributed by atoms with E-state index in [1.807, 2.05) is 18.2 Å². The molecule has 0 aliphatic carbocycles. The summed E-state index contributed by atoms with van der Waals surface area (Å²) in [5.41, 5.74) is 5.27. The first-order valence-corrected chi connectivity index (χ1v) is 15.3. The van der Waals surface area contributed by atoms with Crippen LogP contribution in [0.4, 0.5) is 14.9 Å². The quantitative estimate of drug-likeness (QED) is 0.290. The molecule has 232 valence electrons. The Morgan fingerprint density at radius 1 is 1.00 bits per heavy atom. The maximum Gasteiger partial charge on any atom is 0.322 e. The van der Waals surface area contributed by atoms with Crippen LogP contribution in [0, 0.1) is 5.82 Å². The van der Waals surface area contributed by atoms with Gasteiger partial charge in [0, 0.05) is 30.8 Å². The van der Waals surface area contributed by atoms with Gasteiger partial charge in [0.1, 0.15) is 17.7 Å². The Hall–Kier alpha value is -3.13. The Morgan fingerprint density at radius 3 is 2.23 bits per heavy atom. The molecule has 43 heavy (non-hydrogen) atoms. The Labute approximate surface area is 260 Å². The largest absolute Gasteiger partial charge is 0.507 e. The molecule has 4 rings (SSSR count). The average Bonchev–Trinajstić information content (AvgIpc) is 2.93. The first-order valence-electron chi connectivity index (χ1n) is 14.9. The fraction of sp³-hybridized carbons (Fsp3) is 0.457. The summed E-state index contributed by atoms with van der Waals surface area (Å²) < 4.78 is 19.1. The van der Waals surface area contributed by atoms with Crippen molar-refractivity contribution in [1.29, 1.82) is 0 Å². The number of hydrogen-bond donors (Lipinski definition) is 2. The van der Waals surface area contributed by atoms with Crippen LogP contribution < -0.4 is 10.2 Å². The van der Waals surface area contributed by atoms with Crippen LogP contribution in [0.3, 0.4) is 0 Å². The van der Waals surface area contributed by atoms with E-state index in [1.165, 1.54) is 12.1 Å². The summed E-state index contributed by atoms with van der Waals surface area (Å²) in [5.74, 6) is 0.0942. The molecule has 2 amide bonds. The SMILES string of the molecule is CN(C(=O)NC1COCCN1Cc1ccc(F)cc1)c1cc(Cl)ccc1CCc1cc(C(C)(C)C)c(O)c(C(C)(C)C)c1. The lowest BCUT2D eigenvalue weighted by atomic mass is 9.78. The summed E-state index contributed by atoms with van der Waals surface area (Å²) in [5, 5.41) is 14.8. The molecule has 0 bridgehead atoms. The van der Waals surface area contributed by atoms with E-state index in [0.29, 0.717) is 43.5 Å². The minimum absolute atomic E-state index is 0.211. The number of nitrogens with one attached hydrogen (secondary N) is 1. The molecule has 1 aliphatic rings. The summed E-state index contributed by atoms with van der Waals surface area (Å²) in [7, 11) is 1.74. The highest BCUT2D eigenvalue weighted by Gasteiger charge is 2.28.